The Morgan fingerprint density at radius 2 is 1.88 bits per heavy atom. The van der Waals surface area contributed by atoms with Crippen molar-refractivity contribution in [1.29, 1.82) is 0 Å². The van der Waals surface area contributed by atoms with Crippen molar-refractivity contribution in [3.63, 3.8) is 0 Å². The number of carbonyl (C=O) groups is 1. The third-order valence-electron chi connectivity index (χ3n) is 2.98. The van der Waals surface area contributed by atoms with Gasteiger partial charge < -0.3 is 15.2 Å². The molecular weight excluding hydrogens is 238 g/mol. The smallest absolute Gasteiger partial charge is 0.341 e. The second-order valence-electron chi connectivity index (χ2n) is 5.16. The molecule has 94 valence electrons. The summed E-state index contributed by atoms with van der Waals surface area (Å²) < 4.78 is 10.8. The van der Waals surface area contributed by atoms with Gasteiger partial charge in [-0.2, -0.15) is 0 Å². The molecule has 0 aromatic carbocycles. The van der Waals surface area contributed by atoms with E-state index in [1.165, 1.54) is 18.4 Å². The highest BCUT2D eigenvalue weighted by Gasteiger charge is 2.48. The zero-order valence-electron chi connectivity index (χ0n) is 10.7. The average molecular weight is 255 g/mol. The van der Waals surface area contributed by atoms with E-state index in [4.69, 9.17) is 15.2 Å². The molecule has 1 aliphatic heterocycles. The number of hydrogen-bond donors (Lipinski definition) is 1. The second-order valence-corrected chi connectivity index (χ2v) is 6.21. The molecule has 2 N–H and O–H groups in total. The lowest BCUT2D eigenvalue weighted by Gasteiger charge is -2.25. The van der Waals surface area contributed by atoms with Crippen LogP contribution in [-0.4, -0.2) is 13.1 Å². The van der Waals surface area contributed by atoms with E-state index in [0.717, 1.165) is 10.4 Å². The van der Waals surface area contributed by atoms with Crippen LogP contribution in [-0.2, 0) is 20.7 Å². The molecule has 17 heavy (non-hydrogen) atoms. The topological polar surface area (TPSA) is 61.5 Å². The molecule has 0 saturated heterocycles. The Bertz CT molecular complexity index is 488. The maximum atomic E-state index is 11.8. The molecule has 0 spiro atoms. The number of fused-ring (bicyclic) bond motifs is 1. The molecule has 2 heterocycles. The summed E-state index contributed by atoms with van der Waals surface area (Å²) in [5.74, 6) is -0.394. The lowest BCUT2D eigenvalue weighted by Crippen LogP contribution is -2.24. The Morgan fingerprint density at radius 1 is 1.29 bits per heavy atom. The number of nitrogen functional groups attached to an aromatic ring is 1. The van der Waals surface area contributed by atoms with Crippen molar-refractivity contribution in [2.45, 2.75) is 38.9 Å². The minimum atomic E-state index is -0.517. The van der Waals surface area contributed by atoms with Gasteiger partial charge in [0.15, 0.2) is 0 Å². The van der Waals surface area contributed by atoms with Crippen LogP contribution in [0.2, 0.25) is 0 Å². The van der Waals surface area contributed by atoms with Gasteiger partial charge in [0.25, 0.3) is 0 Å². The van der Waals surface area contributed by atoms with Gasteiger partial charge in [0.2, 0.25) is 0 Å². The Kier molecular flexibility index (Phi) is 2.52. The normalized spacial score (nSPS) is 20.1. The Balaban J connectivity index is 2.71. The van der Waals surface area contributed by atoms with Crippen LogP contribution in [0.5, 0.6) is 0 Å². The van der Waals surface area contributed by atoms with Crippen LogP contribution >= 0.6 is 11.3 Å². The van der Waals surface area contributed by atoms with Crippen molar-refractivity contribution in [3.8, 4) is 0 Å². The molecule has 0 fully saturated rings. The van der Waals surface area contributed by atoms with Gasteiger partial charge in [-0.1, -0.05) is 0 Å². The molecule has 0 aliphatic carbocycles. The predicted octanol–water partition coefficient (Wildman–Crippen LogP) is 2.62. The molecule has 5 heteroatoms. The van der Waals surface area contributed by atoms with Gasteiger partial charge in [-0.25, -0.2) is 4.79 Å². The van der Waals surface area contributed by atoms with Gasteiger partial charge in [0.1, 0.15) is 10.6 Å². The average Bonchev–Trinajstić information content (AvgIpc) is 2.61. The van der Waals surface area contributed by atoms with Gasteiger partial charge in [0, 0.05) is 10.4 Å². The monoisotopic (exact) mass is 255 g/mol. The van der Waals surface area contributed by atoms with E-state index in [2.05, 4.69) is 0 Å². The van der Waals surface area contributed by atoms with Crippen LogP contribution in [0.25, 0.3) is 0 Å². The first-order chi connectivity index (χ1) is 7.70. The molecule has 1 aliphatic rings. The second kappa shape index (κ2) is 3.46. The number of hydrogen-bond acceptors (Lipinski definition) is 5. The zero-order chi connectivity index (χ0) is 13.0. The van der Waals surface area contributed by atoms with Gasteiger partial charge in [-0.3, -0.25) is 0 Å². The van der Waals surface area contributed by atoms with Gasteiger partial charge in [0.05, 0.1) is 18.3 Å². The fourth-order valence-electron chi connectivity index (χ4n) is 2.49. The van der Waals surface area contributed by atoms with E-state index < -0.39 is 17.2 Å². The molecule has 0 saturated carbocycles. The standard InChI is InChI=1S/C12H17NO3S/c1-11(2)7-6(10(14)15-5)9(13)17-8(7)12(3,4)16-11/h13H2,1-5H3. The van der Waals surface area contributed by atoms with Crippen LogP contribution in [0.3, 0.4) is 0 Å². The van der Waals surface area contributed by atoms with Crippen molar-refractivity contribution in [1.82, 2.24) is 0 Å². The highest BCUT2D eigenvalue weighted by Crippen LogP contribution is 2.53. The summed E-state index contributed by atoms with van der Waals surface area (Å²) in [6.45, 7) is 7.85. The van der Waals surface area contributed by atoms with Crippen LogP contribution in [0.15, 0.2) is 0 Å². The highest BCUT2D eigenvalue weighted by atomic mass is 32.1. The van der Waals surface area contributed by atoms with Gasteiger partial charge >= 0.3 is 5.97 Å². The first-order valence-electron chi connectivity index (χ1n) is 5.42. The van der Waals surface area contributed by atoms with E-state index in [1.54, 1.807) is 0 Å². The molecule has 0 bridgehead atoms. The van der Waals surface area contributed by atoms with E-state index in [9.17, 15) is 4.79 Å². The third-order valence-corrected chi connectivity index (χ3v) is 4.31. The fourth-order valence-corrected chi connectivity index (χ4v) is 3.73. The first-order valence-corrected chi connectivity index (χ1v) is 6.24. The van der Waals surface area contributed by atoms with Crippen molar-refractivity contribution in [2.24, 2.45) is 0 Å². The Hall–Kier alpha value is -1.07. The SMILES string of the molecule is COC(=O)c1c(N)sc2c1C(C)(C)OC2(C)C. The molecule has 4 nitrogen and oxygen atoms in total. The third kappa shape index (κ3) is 1.65. The largest absolute Gasteiger partial charge is 0.465 e. The number of rotatable bonds is 1. The molecule has 0 atom stereocenters. The van der Waals surface area contributed by atoms with Crippen LogP contribution in [0.4, 0.5) is 5.00 Å². The summed E-state index contributed by atoms with van der Waals surface area (Å²) in [7, 11) is 1.36. The first kappa shape index (κ1) is 12.4. The summed E-state index contributed by atoms with van der Waals surface area (Å²) in [5, 5.41) is 0.506. The number of nitrogens with two attached hydrogens (primary N) is 1. The maximum absolute atomic E-state index is 11.8. The van der Waals surface area contributed by atoms with E-state index in [-0.39, 0.29) is 0 Å². The Labute approximate surface area is 105 Å². The molecule has 0 unspecified atom stereocenters. The molecule has 1 aromatic rings. The lowest BCUT2D eigenvalue weighted by molar-refractivity contribution is -0.104. The summed E-state index contributed by atoms with van der Waals surface area (Å²) >= 11 is 1.41. The zero-order valence-corrected chi connectivity index (χ0v) is 11.5. The van der Waals surface area contributed by atoms with Gasteiger partial charge in [-0.15, -0.1) is 11.3 Å². The van der Waals surface area contributed by atoms with Crippen molar-refractivity contribution < 1.29 is 14.3 Å². The minimum Gasteiger partial charge on any atom is -0.465 e. The van der Waals surface area contributed by atoms with E-state index >= 15 is 0 Å². The van der Waals surface area contributed by atoms with Crippen molar-refractivity contribution in [2.75, 3.05) is 12.8 Å². The number of carbonyl (C=O) groups excluding carboxylic acids is 1. The number of esters is 1. The quantitative estimate of drug-likeness (QED) is 0.784. The number of ether oxygens (including phenoxy) is 2. The molecule has 0 amide bonds. The minimum absolute atomic E-state index is 0.394. The lowest BCUT2D eigenvalue weighted by atomic mass is 9.94. The number of thiophene rings is 1. The molecule has 2 rings (SSSR count). The van der Waals surface area contributed by atoms with Crippen LogP contribution in [0, 0.1) is 0 Å². The summed E-state index contributed by atoms with van der Waals surface area (Å²) in [6, 6.07) is 0. The van der Waals surface area contributed by atoms with Crippen molar-refractivity contribution >= 4 is 22.3 Å². The number of anilines is 1. The molecule has 1 aromatic heterocycles. The molecule has 0 radical (unpaired) electrons. The number of methoxy groups -OCH3 is 1. The summed E-state index contributed by atoms with van der Waals surface area (Å²) in [4.78, 5) is 12.8. The predicted molar refractivity (Wildman–Crippen MR) is 67.2 cm³/mol. The van der Waals surface area contributed by atoms with Gasteiger partial charge in [-0.05, 0) is 27.7 Å². The van der Waals surface area contributed by atoms with E-state index in [0.29, 0.717) is 10.6 Å². The van der Waals surface area contributed by atoms with Crippen LogP contribution < -0.4 is 5.73 Å². The maximum Gasteiger partial charge on any atom is 0.341 e. The van der Waals surface area contributed by atoms with Crippen LogP contribution in [0.1, 0.15) is 48.5 Å². The van der Waals surface area contributed by atoms with E-state index in [1.807, 2.05) is 27.7 Å². The fraction of sp³-hybridized carbons (Fsp3) is 0.583. The molecular formula is C12H17NO3S. The highest BCUT2D eigenvalue weighted by molar-refractivity contribution is 7.16. The Morgan fingerprint density at radius 3 is 2.41 bits per heavy atom. The summed E-state index contributed by atoms with van der Waals surface area (Å²) in [5.41, 5.74) is 6.34. The summed E-state index contributed by atoms with van der Waals surface area (Å²) in [6.07, 6.45) is 0. The van der Waals surface area contributed by atoms with Crippen molar-refractivity contribution in [3.05, 3.63) is 16.0 Å².